The van der Waals surface area contributed by atoms with Crippen LogP contribution in [-0.2, 0) is 6.54 Å². The maximum absolute atomic E-state index is 12.2. The van der Waals surface area contributed by atoms with Crippen LogP contribution in [-0.4, -0.2) is 15.8 Å². The Labute approximate surface area is 126 Å². The zero-order valence-electron chi connectivity index (χ0n) is 11.5. The molecule has 1 fully saturated rings. The third-order valence-electron chi connectivity index (χ3n) is 3.70. The van der Waals surface area contributed by atoms with Crippen LogP contribution in [0.4, 0.5) is 5.69 Å². The van der Waals surface area contributed by atoms with Gasteiger partial charge < -0.3 is 5.32 Å². The second-order valence-electron chi connectivity index (χ2n) is 5.42. The van der Waals surface area contributed by atoms with Crippen LogP contribution in [0.25, 0.3) is 10.1 Å². The Morgan fingerprint density at radius 3 is 3.00 bits per heavy atom. The van der Waals surface area contributed by atoms with Crippen molar-refractivity contribution in [3.63, 3.8) is 0 Å². The summed E-state index contributed by atoms with van der Waals surface area (Å²) in [5, 5.41) is 10.9. The fourth-order valence-corrected chi connectivity index (χ4v) is 3.37. The molecule has 2 heterocycles. The van der Waals surface area contributed by atoms with E-state index in [1.54, 1.807) is 23.6 Å². The summed E-state index contributed by atoms with van der Waals surface area (Å²) in [5.74, 6) is 0. The molecular formula is C16H15N3OS. The highest BCUT2D eigenvalue weighted by atomic mass is 32.1. The van der Waals surface area contributed by atoms with Crippen molar-refractivity contribution in [2.75, 3.05) is 5.32 Å². The highest BCUT2D eigenvalue weighted by Crippen LogP contribution is 2.26. The molecule has 1 aliphatic rings. The van der Waals surface area contributed by atoms with Crippen molar-refractivity contribution in [2.45, 2.75) is 25.4 Å². The van der Waals surface area contributed by atoms with Gasteiger partial charge in [-0.25, -0.2) is 4.68 Å². The van der Waals surface area contributed by atoms with Gasteiger partial charge in [0.15, 0.2) is 0 Å². The number of hydrogen-bond donors (Lipinski definition) is 1. The van der Waals surface area contributed by atoms with Crippen LogP contribution in [0.3, 0.4) is 0 Å². The van der Waals surface area contributed by atoms with Crippen LogP contribution in [0.1, 0.15) is 18.4 Å². The summed E-state index contributed by atoms with van der Waals surface area (Å²) in [4.78, 5) is 12.2. The molecule has 1 N–H and O–H groups in total. The zero-order chi connectivity index (χ0) is 14.2. The maximum Gasteiger partial charge on any atom is 0.269 e. The van der Waals surface area contributed by atoms with Crippen molar-refractivity contribution in [3.05, 3.63) is 57.8 Å². The molecule has 5 heteroatoms. The van der Waals surface area contributed by atoms with E-state index in [-0.39, 0.29) is 5.56 Å². The molecule has 106 valence electrons. The monoisotopic (exact) mass is 297 g/mol. The molecule has 0 bridgehead atoms. The molecule has 2 aromatic heterocycles. The fraction of sp³-hybridized carbons (Fsp3) is 0.250. The number of thiophene rings is 1. The van der Waals surface area contributed by atoms with Crippen LogP contribution in [0.5, 0.6) is 0 Å². The Kier molecular flexibility index (Phi) is 3.00. The summed E-state index contributed by atoms with van der Waals surface area (Å²) in [6.45, 7) is 0.520. The molecule has 0 spiro atoms. The molecule has 3 aromatic rings. The van der Waals surface area contributed by atoms with Gasteiger partial charge in [-0.2, -0.15) is 5.10 Å². The van der Waals surface area contributed by atoms with Crippen molar-refractivity contribution in [1.29, 1.82) is 0 Å². The number of benzene rings is 1. The fourth-order valence-electron chi connectivity index (χ4n) is 2.41. The van der Waals surface area contributed by atoms with Gasteiger partial charge in [0, 0.05) is 16.8 Å². The second kappa shape index (κ2) is 5.00. The van der Waals surface area contributed by atoms with Gasteiger partial charge in [-0.3, -0.25) is 4.79 Å². The third-order valence-corrected chi connectivity index (χ3v) is 4.71. The van der Waals surface area contributed by atoms with Crippen LogP contribution in [0, 0.1) is 0 Å². The molecule has 1 saturated carbocycles. The average molecular weight is 297 g/mol. The summed E-state index contributed by atoms with van der Waals surface area (Å²) in [6.07, 6.45) is 4.11. The van der Waals surface area contributed by atoms with Crippen molar-refractivity contribution in [2.24, 2.45) is 0 Å². The molecule has 1 aliphatic carbocycles. The SMILES string of the molecule is O=c1cc(NC2CC2)cnn1Cc1csc2ccccc12. The smallest absolute Gasteiger partial charge is 0.269 e. The van der Waals surface area contributed by atoms with Gasteiger partial charge in [0.25, 0.3) is 5.56 Å². The lowest BCUT2D eigenvalue weighted by atomic mass is 10.2. The predicted molar refractivity (Wildman–Crippen MR) is 86.1 cm³/mol. The van der Waals surface area contributed by atoms with Crippen LogP contribution in [0.15, 0.2) is 46.7 Å². The summed E-state index contributed by atoms with van der Waals surface area (Å²) >= 11 is 1.70. The van der Waals surface area contributed by atoms with Gasteiger partial charge in [-0.1, -0.05) is 18.2 Å². The number of hydrogen-bond acceptors (Lipinski definition) is 4. The minimum Gasteiger partial charge on any atom is -0.381 e. The van der Waals surface area contributed by atoms with Crippen LogP contribution >= 0.6 is 11.3 Å². The highest BCUT2D eigenvalue weighted by Gasteiger charge is 2.21. The Hall–Kier alpha value is -2.14. The predicted octanol–water partition coefficient (Wildman–Crippen LogP) is 3.08. The standard InChI is InChI=1S/C16H15N3OS/c20-16-7-13(18-12-5-6-12)8-17-19(16)9-11-10-21-15-4-2-1-3-14(11)15/h1-4,7-8,10,12,18H,5-6,9H2. The van der Waals surface area contributed by atoms with Crippen LogP contribution < -0.4 is 10.9 Å². The first-order valence-corrected chi connectivity index (χ1v) is 7.96. The molecule has 4 rings (SSSR count). The van der Waals surface area contributed by atoms with Crippen LogP contribution in [0.2, 0.25) is 0 Å². The van der Waals surface area contributed by atoms with E-state index >= 15 is 0 Å². The quantitative estimate of drug-likeness (QED) is 0.805. The van der Waals surface area contributed by atoms with Crippen molar-refractivity contribution >= 4 is 27.1 Å². The lowest BCUT2D eigenvalue weighted by molar-refractivity contribution is 0.643. The van der Waals surface area contributed by atoms with Crippen molar-refractivity contribution < 1.29 is 0 Å². The van der Waals surface area contributed by atoms with E-state index in [0.29, 0.717) is 12.6 Å². The minimum absolute atomic E-state index is 0.0593. The van der Waals surface area contributed by atoms with Gasteiger partial charge in [0.1, 0.15) is 0 Å². The minimum atomic E-state index is -0.0593. The molecular weight excluding hydrogens is 282 g/mol. The normalized spacial score (nSPS) is 14.5. The molecule has 4 nitrogen and oxygen atoms in total. The maximum atomic E-state index is 12.2. The number of fused-ring (bicyclic) bond motifs is 1. The van der Waals surface area contributed by atoms with E-state index in [0.717, 1.165) is 11.3 Å². The van der Waals surface area contributed by atoms with Gasteiger partial charge >= 0.3 is 0 Å². The van der Waals surface area contributed by atoms with Gasteiger partial charge in [-0.15, -0.1) is 11.3 Å². The molecule has 0 aliphatic heterocycles. The molecule has 21 heavy (non-hydrogen) atoms. The molecule has 0 unspecified atom stereocenters. The van der Waals surface area contributed by atoms with E-state index in [4.69, 9.17) is 0 Å². The van der Waals surface area contributed by atoms with Gasteiger partial charge in [0.2, 0.25) is 0 Å². The molecule has 0 radical (unpaired) electrons. The lowest BCUT2D eigenvalue weighted by Gasteiger charge is -2.07. The molecule has 0 amide bonds. The Morgan fingerprint density at radius 2 is 2.19 bits per heavy atom. The van der Waals surface area contributed by atoms with E-state index in [1.165, 1.54) is 27.6 Å². The first-order valence-electron chi connectivity index (χ1n) is 7.08. The zero-order valence-corrected chi connectivity index (χ0v) is 12.3. The van der Waals surface area contributed by atoms with E-state index in [9.17, 15) is 4.79 Å². The summed E-state index contributed by atoms with van der Waals surface area (Å²) in [5.41, 5.74) is 1.91. The largest absolute Gasteiger partial charge is 0.381 e. The summed E-state index contributed by atoms with van der Waals surface area (Å²) in [7, 11) is 0. The van der Waals surface area contributed by atoms with Gasteiger partial charge in [0.05, 0.1) is 18.4 Å². The van der Waals surface area contributed by atoms with E-state index in [1.807, 2.05) is 12.1 Å². The third kappa shape index (κ3) is 2.56. The summed E-state index contributed by atoms with van der Waals surface area (Å²) < 4.78 is 2.76. The lowest BCUT2D eigenvalue weighted by Crippen LogP contribution is -2.23. The molecule has 0 saturated heterocycles. The highest BCUT2D eigenvalue weighted by molar-refractivity contribution is 7.17. The van der Waals surface area contributed by atoms with Gasteiger partial charge in [-0.05, 0) is 35.2 Å². The first kappa shape index (κ1) is 12.6. The Balaban J connectivity index is 1.63. The number of rotatable bonds is 4. The first-order chi connectivity index (χ1) is 10.3. The van der Waals surface area contributed by atoms with Crippen molar-refractivity contribution in [1.82, 2.24) is 9.78 Å². The number of nitrogens with zero attached hydrogens (tertiary/aromatic N) is 2. The number of nitrogens with one attached hydrogen (secondary N) is 1. The topological polar surface area (TPSA) is 46.9 Å². The Morgan fingerprint density at radius 1 is 1.33 bits per heavy atom. The van der Waals surface area contributed by atoms with Crippen molar-refractivity contribution in [3.8, 4) is 0 Å². The number of aromatic nitrogens is 2. The number of anilines is 1. The second-order valence-corrected chi connectivity index (χ2v) is 6.33. The van der Waals surface area contributed by atoms with E-state index < -0.39 is 0 Å². The summed E-state index contributed by atoms with van der Waals surface area (Å²) in [6, 6.07) is 10.4. The molecule has 0 atom stereocenters. The average Bonchev–Trinajstić information content (AvgIpc) is 3.21. The molecule has 1 aromatic carbocycles. The Bertz CT molecular complexity index is 848. The van der Waals surface area contributed by atoms with E-state index in [2.05, 4.69) is 27.9 Å².